The topological polar surface area (TPSA) is 87.7 Å². The van der Waals surface area contributed by atoms with E-state index in [1.807, 2.05) is 6.92 Å². The second-order valence-electron chi connectivity index (χ2n) is 5.11. The number of ether oxygens (including phenoxy) is 1. The molecule has 9 heteroatoms. The molecule has 122 valence electrons. The molecule has 0 bridgehead atoms. The van der Waals surface area contributed by atoms with Gasteiger partial charge in [-0.25, -0.2) is 0 Å². The van der Waals surface area contributed by atoms with E-state index < -0.39 is 0 Å². The summed E-state index contributed by atoms with van der Waals surface area (Å²) in [7, 11) is 1.52. The molecule has 1 aromatic heterocycles. The van der Waals surface area contributed by atoms with Gasteiger partial charge < -0.3 is 9.64 Å². The summed E-state index contributed by atoms with van der Waals surface area (Å²) >= 11 is 1.29. The van der Waals surface area contributed by atoms with Crippen LogP contribution < -0.4 is 5.32 Å². The highest BCUT2D eigenvalue weighted by Gasteiger charge is 2.25. The van der Waals surface area contributed by atoms with Crippen LogP contribution >= 0.6 is 11.3 Å². The first-order valence-corrected chi connectivity index (χ1v) is 8.07. The minimum absolute atomic E-state index is 0.00434. The molecule has 1 aliphatic heterocycles. The van der Waals surface area contributed by atoms with E-state index in [1.165, 1.54) is 18.4 Å². The zero-order chi connectivity index (χ0) is 15.9. The van der Waals surface area contributed by atoms with Crippen LogP contribution in [0.25, 0.3) is 0 Å². The lowest BCUT2D eigenvalue weighted by atomic mass is 10.2. The lowest BCUT2D eigenvalue weighted by molar-refractivity contribution is -0.135. The number of hydrogen-bond donors (Lipinski definition) is 1. The van der Waals surface area contributed by atoms with Gasteiger partial charge in [0.05, 0.1) is 6.04 Å². The van der Waals surface area contributed by atoms with Crippen molar-refractivity contribution in [2.24, 2.45) is 0 Å². The van der Waals surface area contributed by atoms with Crippen molar-refractivity contribution >= 4 is 28.3 Å². The van der Waals surface area contributed by atoms with Crippen LogP contribution in [0.2, 0.25) is 0 Å². The Bertz CT molecular complexity index is 496. The van der Waals surface area contributed by atoms with Crippen molar-refractivity contribution in [3.05, 3.63) is 5.51 Å². The van der Waals surface area contributed by atoms with E-state index >= 15 is 0 Å². The Morgan fingerprint density at radius 3 is 2.91 bits per heavy atom. The summed E-state index contributed by atoms with van der Waals surface area (Å²) in [5.74, 6) is -0.108. The van der Waals surface area contributed by atoms with Crippen molar-refractivity contribution in [3.8, 4) is 0 Å². The van der Waals surface area contributed by atoms with Crippen molar-refractivity contribution in [1.82, 2.24) is 20.0 Å². The molecule has 2 heterocycles. The summed E-state index contributed by atoms with van der Waals surface area (Å²) in [5.41, 5.74) is 1.57. The fourth-order valence-corrected chi connectivity index (χ4v) is 2.84. The molecule has 2 amide bonds. The maximum absolute atomic E-state index is 12.2. The maximum Gasteiger partial charge on any atom is 0.248 e. The first-order valence-electron chi connectivity index (χ1n) is 7.19. The van der Waals surface area contributed by atoms with Gasteiger partial charge in [-0.15, -0.1) is 10.2 Å². The molecule has 1 unspecified atom stereocenters. The minimum Gasteiger partial charge on any atom is -0.375 e. The van der Waals surface area contributed by atoms with Gasteiger partial charge in [-0.05, 0) is 13.3 Å². The zero-order valence-electron chi connectivity index (χ0n) is 12.8. The molecule has 1 aromatic rings. The van der Waals surface area contributed by atoms with Gasteiger partial charge in [-0.3, -0.25) is 19.8 Å². The lowest BCUT2D eigenvalue weighted by Crippen LogP contribution is -2.44. The van der Waals surface area contributed by atoms with Gasteiger partial charge in [-0.1, -0.05) is 11.3 Å². The van der Waals surface area contributed by atoms with Crippen molar-refractivity contribution < 1.29 is 14.3 Å². The Kier molecular flexibility index (Phi) is 6.22. The lowest BCUT2D eigenvalue weighted by Gasteiger charge is -2.26. The van der Waals surface area contributed by atoms with Crippen LogP contribution in [-0.4, -0.2) is 77.7 Å². The smallest absolute Gasteiger partial charge is 0.248 e. The highest BCUT2D eigenvalue weighted by molar-refractivity contribution is 7.13. The largest absolute Gasteiger partial charge is 0.375 e. The van der Waals surface area contributed by atoms with Gasteiger partial charge >= 0.3 is 0 Å². The first kappa shape index (κ1) is 16.8. The molecular weight excluding hydrogens is 306 g/mol. The highest BCUT2D eigenvalue weighted by Crippen LogP contribution is 2.12. The van der Waals surface area contributed by atoms with Crippen molar-refractivity contribution in [2.75, 3.05) is 45.2 Å². The van der Waals surface area contributed by atoms with Crippen LogP contribution in [0.3, 0.4) is 0 Å². The summed E-state index contributed by atoms with van der Waals surface area (Å²) in [5, 5.41) is 10.8. The van der Waals surface area contributed by atoms with Crippen molar-refractivity contribution in [2.45, 2.75) is 19.4 Å². The van der Waals surface area contributed by atoms with Gasteiger partial charge in [0.25, 0.3) is 0 Å². The van der Waals surface area contributed by atoms with Crippen LogP contribution in [-0.2, 0) is 14.3 Å². The molecule has 2 rings (SSSR count). The third-order valence-corrected chi connectivity index (χ3v) is 4.28. The molecule has 0 aliphatic carbocycles. The molecule has 1 saturated heterocycles. The second kappa shape index (κ2) is 8.16. The molecule has 1 N–H and O–H groups in total. The summed E-state index contributed by atoms with van der Waals surface area (Å²) in [6.07, 6.45) is 0.839. The number of nitrogens with one attached hydrogen (secondary N) is 1. The van der Waals surface area contributed by atoms with E-state index in [0.29, 0.717) is 24.8 Å². The number of amides is 2. The second-order valence-corrected chi connectivity index (χ2v) is 5.95. The highest BCUT2D eigenvalue weighted by atomic mass is 32.1. The molecule has 0 spiro atoms. The third-order valence-electron chi connectivity index (χ3n) is 3.67. The Hall–Kier alpha value is -1.58. The summed E-state index contributed by atoms with van der Waals surface area (Å²) in [4.78, 5) is 28.0. The average molecular weight is 327 g/mol. The van der Waals surface area contributed by atoms with Gasteiger partial charge in [-0.2, -0.15) is 0 Å². The molecule has 0 aromatic carbocycles. The SMILES string of the molecule is COCC(=O)N1CCCN(C(C)C(=O)Nc2nncs2)CC1. The molecule has 1 aliphatic rings. The average Bonchev–Trinajstić information content (AvgIpc) is 2.88. The number of anilines is 1. The van der Waals surface area contributed by atoms with Crippen LogP contribution in [0, 0.1) is 0 Å². The first-order chi connectivity index (χ1) is 10.6. The number of hydrogen-bond acceptors (Lipinski definition) is 7. The number of aromatic nitrogens is 2. The van der Waals surface area contributed by atoms with E-state index in [1.54, 1.807) is 10.4 Å². The van der Waals surface area contributed by atoms with Crippen molar-refractivity contribution in [1.29, 1.82) is 0 Å². The molecule has 8 nitrogen and oxygen atoms in total. The molecular formula is C13H21N5O3S. The summed E-state index contributed by atoms with van der Waals surface area (Å²) in [6, 6.07) is -0.277. The van der Waals surface area contributed by atoms with Crippen LogP contribution in [0.15, 0.2) is 5.51 Å². The van der Waals surface area contributed by atoms with Gasteiger partial charge in [0.2, 0.25) is 16.9 Å². The van der Waals surface area contributed by atoms with Crippen LogP contribution in [0.4, 0.5) is 5.13 Å². The Morgan fingerprint density at radius 1 is 1.41 bits per heavy atom. The predicted octanol–water partition coefficient (Wildman–Crippen LogP) is 0.0458. The Morgan fingerprint density at radius 2 is 2.23 bits per heavy atom. The molecule has 22 heavy (non-hydrogen) atoms. The standard InChI is InChI=1S/C13H21N5O3S/c1-10(12(20)15-13-16-14-9-22-13)17-4-3-5-18(7-6-17)11(19)8-21-2/h9-10H,3-8H2,1-2H3,(H,15,16,20). The fourth-order valence-electron chi connectivity index (χ4n) is 2.39. The molecule has 0 radical (unpaired) electrons. The number of carbonyl (C=O) groups is 2. The Balaban J connectivity index is 1.87. The van der Waals surface area contributed by atoms with Gasteiger partial charge in [0.1, 0.15) is 12.1 Å². The zero-order valence-corrected chi connectivity index (χ0v) is 13.6. The van der Waals surface area contributed by atoms with E-state index in [0.717, 1.165) is 13.0 Å². The van der Waals surface area contributed by atoms with Crippen LogP contribution in [0.5, 0.6) is 0 Å². The van der Waals surface area contributed by atoms with E-state index in [4.69, 9.17) is 4.74 Å². The Labute approximate surface area is 133 Å². The van der Waals surface area contributed by atoms with Crippen molar-refractivity contribution in [3.63, 3.8) is 0 Å². The normalized spacial score (nSPS) is 17.8. The fraction of sp³-hybridized carbons (Fsp3) is 0.692. The molecule has 0 saturated carbocycles. The summed E-state index contributed by atoms with van der Waals surface area (Å²) in [6.45, 7) is 4.72. The van der Waals surface area contributed by atoms with Gasteiger partial charge in [0.15, 0.2) is 0 Å². The third kappa shape index (κ3) is 4.46. The maximum atomic E-state index is 12.2. The van der Waals surface area contributed by atoms with Crippen LogP contribution in [0.1, 0.15) is 13.3 Å². The number of rotatable bonds is 5. The molecule has 1 fully saturated rings. The number of methoxy groups -OCH3 is 1. The van der Waals surface area contributed by atoms with E-state index in [2.05, 4.69) is 20.4 Å². The minimum atomic E-state index is -0.277. The summed E-state index contributed by atoms with van der Waals surface area (Å²) < 4.78 is 4.89. The predicted molar refractivity (Wildman–Crippen MR) is 82.6 cm³/mol. The van der Waals surface area contributed by atoms with Gasteiger partial charge in [0, 0.05) is 33.3 Å². The van der Waals surface area contributed by atoms with E-state index in [9.17, 15) is 9.59 Å². The molecule has 1 atom stereocenters. The number of carbonyl (C=O) groups excluding carboxylic acids is 2. The quantitative estimate of drug-likeness (QED) is 0.822. The van der Waals surface area contributed by atoms with E-state index in [-0.39, 0.29) is 24.5 Å². The monoisotopic (exact) mass is 327 g/mol. The number of nitrogens with zero attached hydrogens (tertiary/aromatic N) is 4.